The van der Waals surface area contributed by atoms with E-state index in [0.29, 0.717) is 31.7 Å². The molecular formula is C29H33N5O2. The first-order valence-electron chi connectivity index (χ1n) is 12.4. The number of anilines is 1. The summed E-state index contributed by atoms with van der Waals surface area (Å²) in [5, 5.41) is 15.4. The van der Waals surface area contributed by atoms with Crippen molar-refractivity contribution in [2.45, 2.75) is 39.3 Å². The van der Waals surface area contributed by atoms with Crippen LogP contribution in [0.15, 0.2) is 54.7 Å². The van der Waals surface area contributed by atoms with Crippen molar-refractivity contribution in [3.8, 4) is 17.2 Å². The lowest BCUT2D eigenvalue weighted by molar-refractivity contribution is 0.0777. The van der Waals surface area contributed by atoms with E-state index in [9.17, 15) is 4.79 Å². The molecule has 0 saturated carbocycles. The number of nitriles is 1. The second kappa shape index (κ2) is 11.8. The number of benzene rings is 2. The molecule has 1 saturated heterocycles. The van der Waals surface area contributed by atoms with Crippen LogP contribution in [0.3, 0.4) is 0 Å². The van der Waals surface area contributed by atoms with E-state index < -0.39 is 0 Å². The summed E-state index contributed by atoms with van der Waals surface area (Å²) in [4.78, 5) is 17.4. The van der Waals surface area contributed by atoms with Gasteiger partial charge in [-0.05, 0) is 47.2 Å². The highest BCUT2D eigenvalue weighted by Gasteiger charge is 2.29. The molecule has 2 heterocycles. The number of ether oxygens (including phenoxy) is 1. The van der Waals surface area contributed by atoms with Crippen molar-refractivity contribution >= 4 is 11.7 Å². The lowest BCUT2D eigenvalue weighted by Crippen LogP contribution is -2.42. The fraction of sp³-hybridized carbons (Fsp3) is 0.345. The Hall–Kier alpha value is -3.73. The van der Waals surface area contributed by atoms with Crippen LogP contribution in [-0.2, 0) is 24.2 Å². The van der Waals surface area contributed by atoms with Gasteiger partial charge in [-0.1, -0.05) is 49.4 Å². The predicted molar refractivity (Wildman–Crippen MR) is 141 cm³/mol. The van der Waals surface area contributed by atoms with E-state index in [-0.39, 0.29) is 23.7 Å². The van der Waals surface area contributed by atoms with E-state index >= 15 is 0 Å². The molecule has 0 bridgehead atoms. The van der Waals surface area contributed by atoms with Crippen LogP contribution < -0.4 is 16.4 Å². The van der Waals surface area contributed by atoms with Crippen LogP contribution >= 0.6 is 0 Å². The molecule has 0 aliphatic carbocycles. The van der Waals surface area contributed by atoms with Gasteiger partial charge in [0.25, 0.3) is 5.91 Å². The van der Waals surface area contributed by atoms with Gasteiger partial charge in [0, 0.05) is 36.8 Å². The molecule has 1 aromatic heterocycles. The number of pyridine rings is 1. The standard InChI is InChI=1S/C29H33N5O2/c1-3-22-12-21(5-4-19(22)2)17-36-18-25-14-32-16-27(25)34-29(35)26-13-24(15-33-28(26)31)23-8-6-20(7-9-23)10-11-30/h4-9,12-13,15,25,27,32H,3,10,14,16-18H2,1-2H3,(H2,31,33)(H,34,35). The number of nitrogens with two attached hydrogens (primary N) is 1. The Balaban J connectivity index is 1.38. The number of carbonyl (C=O) groups is 1. The van der Waals surface area contributed by atoms with Crippen molar-refractivity contribution in [2.24, 2.45) is 5.92 Å². The maximum atomic E-state index is 13.2. The molecule has 7 heteroatoms. The van der Waals surface area contributed by atoms with Gasteiger partial charge in [0.15, 0.2) is 0 Å². The highest BCUT2D eigenvalue weighted by molar-refractivity contribution is 5.99. The van der Waals surface area contributed by atoms with Crippen LogP contribution in [0.5, 0.6) is 0 Å². The summed E-state index contributed by atoms with van der Waals surface area (Å²) >= 11 is 0. The van der Waals surface area contributed by atoms with Crippen molar-refractivity contribution in [1.29, 1.82) is 5.26 Å². The third-order valence-electron chi connectivity index (χ3n) is 6.78. The SMILES string of the molecule is CCc1cc(COCC2CNCC2NC(=O)c2cc(-c3ccc(CC#N)cc3)cnc2N)ccc1C. The Morgan fingerprint density at radius 3 is 2.69 bits per heavy atom. The first-order valence-corrected chi connectivity index (χ1v) is 12.4. The lowest BCUT2D eigenvalue weighted by atomic mass is 10.0. The number of amides is 1. The zero-order valence-electron chi connectivity index (χ0n) is 20.9. The molecule has 1 fully saturated rings. The Bertz CT molecular complexity index is 1250. The molecule has 0 radical (unpaired) electrons. The molecule has 0 spiro atoms. The number of aromatic nitrogens is 1. The van der Waals surface area contributed by atoms with Crippen molar-refractivity contribution in [3.63, 3.8) is 0 Å². The highest BCUT2D eigenvalue weighted by Crippen LogP contribution is 2.23. The quantitative estimate of drug-likeness (QED) is 0.427. The van der Waals surface area contributed by atoms with Gasteiger partial charge in [0.1, 0.15) is 5.82 Å². The van der Waals surface area contributed by atoms with E-state index in [1.807, 2.05) is 24.3 Å². The van der Waals surface area contributed by atoms with Crippen LogP contribution in [0.1, 0.15) is 39.5 Å². The number of rotatable bonds is 9. The number of hydrogen-bond donors (Lipinski definition) is 3. The van der Waals surface area contributed by atoms with Crippen LogP contribution in [0.4, 0.5) is 5.82 Å². The fourth-order valence-electron chi connectivity index (χ4n) is 4.57. The molecule has 3 aromatic rings. The average Bonchev–Trinajstić information content (AvgIpc) is 3.32. The lowest BCUT2D eigenvalue weighted by Gasteiger charge is -2.21. The summed E-state index contributed by atoms with van der Waals surface area (Å²) < 4.78 is 6.04. The maximum absolute atomic E-state index is 13.2. The minimum atomic E-state index is -0.243. The minimum absolute atomic E-state index is 0.0601. The van der Waals surface area contributed by atoms with Gasteiger partial charge in [-0.2, -0.15) is 5.26 Å². The summed E-state index contributed by atoms with van der Waals surface area (Å²) in [6.07, 6.45) is 3.03. The van der Waals surface area contributed by atoms with Crippen LogP contribution in [0.25, 0.3) is 11.1 Å². The van der Waals surface area contributed by atoms with E-state index in [0.717, 1.165) is 29.7 Å². The second-order valence-corrected chi connectivity index (χ2v) is 9.32. The molecule has 1 aliphatic heterocycles. The Morgan fingerprint density at radius 2 is 1.94 bits per heavy atom. The largest absolute Gasteiger partial charge is 0.383 e. The fourth-order valence-corrected chi connectivity index (χ4v) is 4.57. The molecule has 2 unspecified atom stereocenters. The first-order chi connectivity index (χ1) is 17.5. The molecule has 1 aliphatic rings. The Labute approximate surface area is 212 Å². The monoisotopic (exact) mass is 483 g/mol. The van der Waals surface area contributed by atoms with E-state index in [4.69, 9.17) is 15.7 Å². The van der Waals surface area contributed by atoms with Crippen molar-refractivity contribution in [1.82, 2.24) is 15.6 Å². The zero-order chi connectivity index (χ0) is 25.5. The molecule has 186 valence electrons. The predicted octanol–water partition coefficient (Wildman–Crippen LogP) is 3.80. The number of hydrogen-bond acceptors (Lipinski definition) is 6. The van der Waals surface area contributed by atoms with Gasteiger partial charge in [-0.3, -0.25) is 4.79 Å². The summed E-state index contributed by atoms with van der Waals surface area (Å²) in [7, 11) is 0. The molecular weight excluding hydrogens is 450 g/mol. The second-order valence-electron chi connectivity index (χ2n) is 9.32. The van der Waals surface area contributed by atoms with Crippen LogP contribution in [0.2, 0.25) is 0 Å². The molecule has 7 nitrogen and oxygen atoms in total. The van der Waals surface area contributed by atoms with Crippen LogP contribution in [0, 0.1) is 24.2 Å². The number of nitrogens with one attached hydrogen (secondary N) is 2. The summed E-state index contributed by atoms with van der Waals surface area (Å²) in [6, 6.07) is 18.0. The summed E-state index contributed by atoms with van der Waals surface area (Å²) in [5.41, 5.74) is 12.9. The molecule has 4 N–H and O–H groups in total. The third kappa shape index (κ3) is 6.09. The normalized spacial score (nSPS) is 17.0. The highest BCUT2D eigenvalue weighted by atomic mass is 16.5. The number of carbonyl (C=O) groups excluding carboxylic acids is 1. The van der Waals surface area contributed by atoms with Gasteiger partial charge in [0.05, 0.1) is 31.3 Å². The van der Waals surface area contributed by atoms with E-state index in [1.165, 1.54) is 16.7 Å². The van der Waals surface area contributed by atoms with Gasteiger partial charge in [-0.25, -0.2) is 4.98 Å². The third-order valence-corrected chi connectivity index (χ3v) is 6.78. The van der Waals surface area contributed by atoms with Crippen LogP contribution in [-0.4, -0.2) is 36.6 Å². The molecule has 2 aromatic carbocycles. The molecule has 4 rings (SSSR count). The maximum Gasteiger partial charge on any atom is 0.255 e. The average molecular weight is 484 g/mol. The smallest absolute Gasteiger partial charge is 0.255 e. The summed E-state index contributed by atoms with van der Waals surface area (Å²) in [5.74, 6) is 0.116. The minimum Gasteiger partial charge on any atom is -0.383 e. The van der Waals surface area contributed by atoms with Crippen molar-refractivity contribution in [3.05, 3.63) is 82.5 Å². The van der Waals surface area contributed by atoms with Crippen molar-refractivity contribution < 1.29 is 9.53 Å². The number of nitrogens with zero attached hydrogens (tertiary/aromatic N) is 2. The summed E-state index contributed by atoms with van der Waals surface area (Å²) in [6.45, 7) is 6.85. The zero-order valence-corrected chi connectivity index (χ0v) is 20.9. The number of aryl methyl sites for hydroxylation is 2. The topological polar surface area (TPSA) is 113 Å². The Kier molecular flexibility index (Phi) is 8.32. The van der Waals surface area contributed by atoms with E-state index in [2.05, 4.69) is 53.7 Å². The van der Waals surface area contributed by atoms with Gasteiger partial charge in [0.2, 0.25) is 0 Å². The molecule has 1 amide bonds. The van der Waals surface area contributed by atoms with Gasteiger partial charge >= 0.3 is 0 Å². The Morgan fingerprint density at radius 1 is 1.17 bits per heavy atom. The van der Waals surface area contributed by atoms with Crippen molar-refractivity contribution in [2.75, 3.05) is 25.4 Å². The number of nitrogen functional groups attached to an aromatic ring is 1. The molecule has 2 atom stereocenters. The van der Waals surface area contributed by atoms with E-state index in [1.54, 1.807) is 12.3 Å². The van der Waals surface area contributed by atoms with Gasteiger partial charge in [-0.15, -0.1) is 0 Å². The molecule has 36 heavy (non-hydrogen) atoms. The first kappa shape index (κ1) is 25.4. The van der Waals surface area contributed by atoms with Gasteiger partial charge < -0.3 is 21.1 Å².